The predicted octanol–water partition coefficient (Wildman–Crippen LogP) is 9.11. The summed E-state index contributed by atoms with van der Waals surface area (Å²) >= 11 is 14.1. The van der Waals surface area contributed by atoms with Crippen LogP contribution < -0.4 is 5.19 Å². The first-order valence-electron chi connectivity index (χ1n) is 11.3. The molecule has 0 spiro atoms. The van der Waals surface area contributed by atoms with Crippen molar-refractivity contribution in [1.82, 2.24) is 0 Å². The SMILES string of the molecule is C[Si](Cl)(Cl)c1cc(-c2ccccc2)c(-c2ccccc2)c(-c2ccccc2)c1-c1ccccc1. The molecule has 0 unspecified atom stereocenters. The molecule has 0 nitrogen and oxygen atoms in total. The zero-order chi connectivity index (χ0) is 23.5. The molecular weight excluding hydrogens is 471 g/mol. The molecule has 0 aliphatic carbocycles. The van der Waals surface area contributed by atoms with E-state index in [1.54, 1.807) is 0 Å². The maximum absolute atomic E-state index is 7.04. The Bertz CT molecular complexity index is 1390. The number of rotatable bonds is 5. The first kappa shape index (κ1) is 22.7. The molecule has 0 radical (unpaired) electrons. The lowest BCUT2D eigenvalue weighted by atomic mass is 9.83. The molecule has 0 heterocycles. The second-order valence-electron chi connectivity index (χ2n) is 8.45. The summed E-state index contributed by atoms with van der Waals surface area (Å²) in [6, 6.07) is 44.4. The highest BCUT2D eigenvalue weighted by molar-refractivity contribution is 7.50. The third kappa shape index (κ3) is 4.47. The average Bonchev–Trinajstić information content (AvgIpc) is 2.89. The second kappa shape index (κ2) is 9.64. The van der Waals surface area contributed by atoms with Crippen LogP contribution in [0.1, 0.15) is 0 Å². The van der Waals surface area contributed by atoms with Crippen LogP contribution in [-0.2, 0) is 0 Å². The highest BCUT2D eigenvalue weighted by Gasteiger charge is 2.32. The van der Waals surface area contributed by atoms with Gasteiger partial charge in [0.15, 0.2) is 0 Å². The van der Waals surface area contributed by atoms with Gasteiger partial charge in [0.2, 0.25) is 0 Å². The van der Waals surface area contributed by atoms with E-state index in [4.69, 9.17) is 22.2 Å². The van der Waals surface area contributed by atoms with Gasteiger partial charge in [-0.2, -0.15) is 0 Å². The van der Waals surface area contributed by atoms with Crippen molar-refractivity contribution in [3.8, 4) is 44.5 Å². The number of halogens is 2. The van der Waals surface area contributed by atoms with Crippen molar-refractivity contribution in [1.29, 1.82) is 0 Å². The molecule has 0 bridgehead atoms. The highest BCUT2D eigenvalue weighted by atomic mass is 35.7. The van der Waals surface area contributed by atoms with E-state index >= 15 is 0 Å². The smallest absolute Gasteiger partial charge is 0.140 e. The van der Waals surface area contributed by atoms with Crippen molar-refractivity contribution in [2.24, 2.45) is 0 Å². The number of benzene rings is 5. The summed E-state index contributed by atoms with van der Waals surface area (Å²) < 4.78 is 0. The Morgan fingerprint density at radius 2 is 0.794 bits per heavy atom. The minimum absolute atomic E-state index is 1.03. The van der Waals surface area contributed by atoms with Crippen molar-refractivity contribution < 1.29 is 0 Å². The normalized spacial score (nSPS) is 11.4. The molecule has 0 fully saturated rings. The molecule has 0 aromatic heterocycles. The Labute approximate surface area is 211 Å². The quantitative estimate of drug-likeness (QED) is 0.168. The van der Waals surface area contributed by atoms with E-state index in [1.807, 2.05) is 18.7 Å². The van der Waals surface area contributed by atoms with Crippen LogP contribution in [-0.4, -0.2) is 6.69 Å². The third-order valence-electron chi connectivity index (χ3n) is 6.07. The summed E-state index contributed by atoms with van der Waals surface area (Å²) in [6.45, 7) is -0.779. The molecule has 5 aromatic rings. The van der Waals surface area contributed by atoms with Crippen molar-refractivity contribution in [2.75, 3.05) is 0 Å². The van der Waals surface area contributed by atoms with E-state index in [0.29, 0.717) is 0 Å². The first-order chi connectivity index (χ1) is 16.5. The Kier molecular flexibility index (Phi) is 6.43. The van der Waals surface area contributed by atoms with Crippen LogP contribution in [0.3, 0.4) is 0 Å². The zero-order valence-electron chi connectivity index (χ0n) is 18.9. The third-order valence-corrected chi connectivity index (χ3v) is 8.63. The summed E-state index contributed by atoms with van der Waals surface area (Å²) in [4.78, 5) is 0. The van der Waals surface area contributed by atoms with Gasteiger partial charge in [0.25, 0.3) is 6.69 Å². The Morgan fingerprint density at radius 3 is 1.21 bits per heavy atom. The Hall–Kier alpha value is -3.10. The van der Waals surface area contributed by atoms with Crippen LogP contribution in [0.5, 0.6) is 0 Å². The highest BCUT2D eigenvalue weighted by Crippen LogP contribution is 2.45. The van der Waals surface area contributed by atoms with Gasteiger partial charge in [-0.25, -0.2) is 0 Å². The van der Waals surface area contributed by atoms with Gasteiger partial charge in [0.05, 0.1) is 0 Å². The van der Waals surface area contributed by atoms with Gasteiger partial charge >= 0.3 is 0 Å². The van der Waals surface area contributed by atoms with Crippen LogP contribution >= 0.6 is 22.2 Å². The summed E-state index contributed by atoms with van der Waals surface area (Å²) in [5, 5.41) is 1.03. The first-order valence-corrected chi connectivity index (χ1v) is 15.9. The lowest BCUT2D eigenvalue weighted by Crippen LogP contribution is -2.35. The van der Waals surface area contributed by atoms with E-state index in [2.05, 4.69) is 115 Å². The molecule has 0 aliphatic rings. The second-order valence-corrected chi connectivity index (χ2v) is 15.9. The van der Waals surface area contributed by atoms with E-state index in [9.17, 15) is 0 Å². The standard InChI is InChI=1S/C31H24Cl2Si/c1-34(32,33)28-22-27(23-14-6-2-7-15-23)29(24-16-8-3-9-17-24)31(26-20-12-5-13-21-26)30(28)25-18-10-4-11-19-25/h2-22H,1H3. The molecule has 5 aromatic carbocycles. The Balaban J connectivity index is 2.02. The maximum atomic E-state index is 7.04. The van der Waals surface area contributed by atoms with E-state index in [-0.39, 0.29) is 0 Å². The minimum atomic E-state index is -2.77. The van der Waals surface area contributed by atoms with Gasteiger partial charge < -0.3 is 0 Å². The molecule has 0 N–H and O–H groups in total. The van der Waals surface area contributed by atoms with Crippen LogP contribution in [0.2, 0.25) is 6.55 Å². The van der Waals surface area contributed by atoms with E-state index < -0.39 is 6.69 Å². The summed E-state index contributed by atoms with van der Waals surface area (Å²) in [5.41, 5.74) is 9.17. The van der Waals surface area contributed by atoms with Crippen LogP contribution in [0.4, 0.5) is 0 Å². The predicted molar refractivity (Wildman–Crippen MR) is 151 cm³/mol. The molecule has 0 saturated carbocycles. The van der Waals surface area contributed by atoms with Crippen LogP contribution in [0.25, 0.3) is 44.5 Å². The van der Waals surface area contributed by atoms with E-state index in [1.165, 1.54) is 5.56 Å². The lowest BCUT2D eigenvalue weighted by Gasteiger charge is -2.26. The molecule has 34 heavy (non-hydrogen) atoms. The monoisotopic (exact) mass is 494 g/mol. The van der Waals surface area contributed by atoms with Gasteiger partial charge in [0, 0.05) is 0 Å². The maximum Gasteiger partial charge on any atom is 0.278 e. The fourth-order valence-corrected chi connectivity index (χ4v) is 6.58. The lowest BCUT2D eigenvalue weighted by molar-refractivity contribution is 1.55. The molecule has 0 aliphatic heterocycles. The average molecular weight is 496 g/mol. The van der Waals surface area contributed by atoms with Crippen molar-refractivity contribution in [2.45, 2.75) is 6.55 Å². The topological polar surface area (TPSA) is 0 Å². The van der Waals surface area contributed by atoms with Gasteiger partial charge in [0.1, 0.15) is 0 Å². The molecule has 3 heteroatoms. The molecule has 166 valence electrons. The van der Waals surface area contributed by atoms with Gasteiger partial charge in [-0.3, -0.25) is 0 Å². The molecule has 5 rings (SSSR count). The molecule has 0 amide bonds. The minimum Gasteiger partial charge on any atom is -0.140 e. The van der Waals surface area contributed by atoms with E-state index in [0.717, 1.165) is 44.1 Å². The zero-order valence-corrected chi connectivity index (χ0v) is 21.4. The fourth-order valence-electron chi connectivity index (χ4n) is 4.58. The van der Waals surface area contributed by atoms with Gasteiger partial charge in [-0.05, 0) is 56.2 Å². The molecule has 0 saturated heterocycles. The number of hydrogen-bond donors (Lipinski definition) is 0. The summed E-state index contributed by atoms with van der Waals surface area (Å²) in [5.74, 6) is 0. The molecular formula is C31H24Cl2Si. The van der Waals surface area contributed by atoms with Gasteiger partial charge in [-0.15, -0.1) is 22.2 Å². The molecule has 0 atom stereocenters. The largest absolute Gasteiger partial charge is 0.278 e. The van der Waals surface area contributed by atoms with Crippen molar-refractivity contribution in [3.63, 3.8) is 0 Å². The summed E-state index contributed by atoms with van der Waals surface area (Å²) in [6.07, 6.45) is 0. The van der Waals surface area contributed by atoms with Crippen molar-refractivity contribution in [3.05, 3.63) is 127 Å². The fraction of sp³-hybridized carbons (Fsp3) is 0.0323. The Morgan fingerprint density at radius 1 is 0.441 bits per heavy atom. The van der Waals surface area contributed by atoms with Gasteiger partial charge in [-0.1, -0.05) is 127 Å². The van der Waals surface area contributed by atoms with Crippen LogP contribution in [0, 0.1) is 0 Å². The van der Waals surface area contributed by atoms with Crippen LogP contribution in [0.15, 0.2) is 127 Å². The summed E-state index contributed by atoms with van der Waals surface area (Å²) in [7, 11) is 0. The number of hydrogen-bond acceptors (Lipinski definition) is 0. The van der Waals surface area contributed by atoms with Crippen molar-refractivity contribution >= 4 is 34.0 Å².